The molecule has 0 aromatic heterocycles. The number of rotatable bonds is 3. The molecular formula is C16H25BrO2. The largest absolute Gasteiger partial charge is 0.508 e. The first-order valence-corrected chi connectivity index (χ1v) is 7.46. The number of benzene rings is 1. The summed E-state index contributed by atoms with van der Waals surface area (Å²) in [7, 11) is 0. The molecule has 0 fully saturated rings. The quantitative estimate of drug-likeness (QED) is 0.808. The number of halogens is 1. The minimum absolute atomic E-state index is 0.0211. The molecule has 1 rings (SSSR count). The molecule has 3 heteroatoms. The van der Waals surface area contributed by atoms with Gasteiger partial charge in [-0.25, -0.2) is 0 Å². The summed E-state index contributed by atoms with van der Waals surface area (Å²) in [5.41, 5.74) is 2.48. The van der Waals surface area contributed by atoms with E-state index in [-0.39, 0.29) is 10.8 Å². The molecule has 0 atom stereocenters. The molecule has 0 aliphatic carbocycles. The molecule has 1 aromatic rings. The van der Waals surface area contributed by atoms with Gasteiger partial charge in [0.15, 0.2) is 0 Å². The highest BCUT2D eigenvalue weighted by Gasteiger charge is 2.31. The van der Waals surface area contributed by atoms with E-state index in [2.05, 4.69) is 56.6 Å². The van der Waals surface area contributed by atoms with Crippen molar-refractivity contribution in [2.24, 2.45) is 5.41 Å². The van der Waals surface area contributed by atoms with Crippen molar-refractivity contribution in [2.75, 3.05) is 0 Å². The molecule has 0 saturated heterocycles. The molecule has 0 heterocycles. The maximum absolute atomic E-state index is 10.1. The second-order valence-electron chi connectivity index (χ2n) is 6.57. The highest BCUT2D eigenvalue weighted by molar-refractivity contribution is 9.08. The lowest BCUT2D eigenvalue weighted by atomic mass is 9.71. The molecule has 0 bridgehead atoms. The Bertz CT molecular complexity index is 406. The van der Waals surface area contributed by atoms with Crippen LogP contribution in [0.25, 0.3) is 0 Å². The predicted octanol–water partition coefficient (Wildman–Crippen LogP) is 4.82. The Morgan fingerprint density at radius 2 is 1.68 bits per heavy atom. The smallest absolute Gasteiger partial charge is 0.119 e. The standard InChI is InChI=1S/C15H23BrO.CH2O/c1-14(2,3)10-15(4,5)13-11(9-16)7-6-8-12(13)17;1-2/h6-8,17H,9-10H2,1-5H3;1H2. The number of hydrogen-bond donors (Lipinski definition) is 1. The van der Waals surface area contributed by atoms with Crippen molar-refractivity contribution >= 4 is 22.7 Å². The zero-order valence-corrected chi connectivity index (χ0v) is 14.2. The van der Waals surface area contributed by atoms with Gasteiger partial charge in [0.25, 0.3) is 0 Å². The molecule has 0 aliphatic rings. The lowest BCUT2D eigenvalue weighted by Gasteiger charge is -2.34. The van der Waals surface area contributed by atoms with Crippen LogP contribution in [0.4, 0.5) is 0 Å². The maximum atomic E-state index is 10.1. The molecule has 0 unspecified atom stereocenters. The second kappa shape index (κ2) is 7.09. The lowest BCUT2D eigenvalue weighted by molar-refractivity contribution is -0.0979. The Labute approximate surface area is 125 Å². The average molecular weight is 329 g/mol. The Morgan fingerprint density at radius 3 is 2.11 bits per heavy atom. The monoisotopic (exact) mass is 328 g/mol. The minimum atomic E-state index is -0.0211. The van der Waals surface area contributed by atoms with Crippen molar-refractivity contribution in [3.8, 4) is 5.75 Å². The first-order valence-electron chi connectivity index (χ1n) is 6.33. The summed E-state index contributed by atoms with van der Waals surface area (Å²) in [5.74, 6) is 0.413. The van der Waals surface area contributed by atoms with Crippen molar-refractivity contribution in [3.05, 3.63) is 29.3 Å². The van der Waals surface area contributed by atoms with E-state index in [0.717, 1.165) is 17.3 Å². The zero-order valence-electron chi connectivity index (χ0n) is 12.6. The van der Waals surface area contributed by atoms with Gasteiger partial charge in [-0.2, -0.15) is 0 Å². The van der Waals surface area contributed by atoms with Crippen LogP contribution in [0, 0.1) is 5.41 Å². The third-order valence-corrected chi connectivity index (χ3v) is 3.53. The summed E-state index contributed by atoms with van der Waals surface area (Å²) in [4.78, 5) is 8.00. The molecule has 1 N–H and O–H groups in total. The summed E-state index contributed by atoms with van der Waals surface area (Å²) in [6, 6.07) is 5.77. The zero-order chi connectivity index (χ0) is 15.3. The molecule has 0 amide bonds. The average Bonchev–Trinajstić information content (AvgIpc) is 2.27. The third-order valence-electron chi connectivity index (χ3n) is 2.92. The van der Waals surface area contributed by atoms with Crippen LogP contribution < -0.4 is 0 Å². The molecule has 0 radical (unpaired) electrons. The Balaban J connectivity index is 0.00000154. The first kappa shape index (κ1) is 18.2. The van der Waals surface area contributed by atoms with E-state index < -0.39 is 0 Å². The molecule has 1 aromatic carbocycles. The summed E-state index contributed by atoms with van der Waals surface area (Å²) in [6.07, 6.45) is 1.04. The van der Waals surface area contributed by atoms with Crippen LogP contribution >= 0.6 is 15.9 Å². The molecule has 19 heavy (non-hydrogen) atoms. The van der Waals surface area contributed by atoms with Gasteiger partial charge < -0.3 is 9.90 Å². The van der Waals surface area contributed by atoms with Gasteiger partial charge >= 0.3 is 0 Å². The SMILES string of the molecule is C=O.CC(C)(C)CC(C)(C)c1c(O)cccc1CBr. The van der Waals surface area contributed by atoms with Gasteiger partial charge in [-0.15, -0.1) is 0 Å². The van der Waals surface area contributed by atoms with Gasteiger partial charge in [0.1, 0.15) is 12.5 Å². The van der Waals surface area contributed by atoms with Crippen LogP contribution in [-0.2, 0) is 15.5 Å². The van der Waals surface area contributed by atoms with Crippen molar-refractivity contribution in [1.82, 2.24) is 0 Å². The van der Waals surface area contributed by atoms with Gasteiger partial charge in [-0.05, 0) is 28.9 Å². The van der Waals surface area contributed by atoms with E-state index in [1.54, 1.807) is 6.07 Å². The van der Waals surface area contributed by atoms with Crippen molar-refractivity contribution in [2.45, 2.75) is 51.8 Å². The second-order valence-corrected chi connectivity index (χ2v) is 7.13. The number of phenolic OH excluding ortho intramolecular Hbond substituents is 1. The van der Waals surface area contributed by atoms with Gasteiger partial charge in [0, 0.05) is 10.9 Å². The van der Waals surface area contributed by atoms with Crippen LogP contribution in [0.2, 0.25) is 0 Å². The Hall–Kier alpha value is -0.830. The molecule has 108 valence electrons. The van der Waals surface area contributed by atoms with Crippen LogP contribution in [-0.4, -0.2) is 11.9 Å². The first-order chi connectivity index (χ1) is 8.67. The predicted molar refractivity (Wildman–Crippen MR) is 85.0 cm³/mol. The number of aromatic hydroxyl groups is 1. The number of alkyl halides is 1. The maximum Gasteiger partial charge on any atom is 0.119 e. The van der Waals surface area contributed by atoms with Crippen molar-refractivity contribution in [3.63, 3.8) is 0 Å². The van der Waals surface area contributed by atoms with E-state index in [0.29, 0.717) is 5.75 Å². The fourth-order valence-corrected chi connectivity index (χ4v) is 3.36. The van der Waals surface area contributed by atoms with E-state index in [1.165, 1.54) is 5.56 Å². The van der Waals surface area contributed by atoms with Gasteiger partial charge in [-0.3, -0.25) is 0 Å². The highest BCUT2D eigenvalue weighted by Crippen LogP contribution is 2.42. The number of phenols is 1. The van der Waals surface area contributed by atoms with Crippen LogP contribution in [0.5, 0.6) is 5.75 Å². The van der Waals surface area contributed by atoms with Crippen molar-refractivity contribution in [1.29, 1.82) is 0 Å². The van der Waals surface area contributed by atoms with E-state index in [9.17, 15) is 5.11 Å². The van der Waals surface area contributed by atoms with E-state index >= 15 is 0 Å². The Morgan fingerprint density at radius 1 is 1.16 bits per heavy atom. The molecule has 2 nitrogen and oxygen atoms in total. The molecule has 0 spiro atoms. The molecule has 0 aliphatic heterocycles. The highest BCUT2D eigenvalue weighted by atomic mass is 79.9. The van der Waals surface area contributed by atoms with Crippen molar-refractivity contribution < 1.29 is 9.90 Å². The summed E-state index contributed by atoms with van der Waals surface area (Å²) >= 11 is 3.50. The molecule has 0 saturated carbocycles. The molecular weight excluding hydrogens is 304 g/mol. The van der Waals surface area contributed by atoms with Gasteiger partial charge in [-0.1, -0.05) is 62.7 Å². The van der Waals surface area contributed by atoms with E-state index in [1.807, 2.05) is 12.9 Å². The third kappa shape index (κ3) is 5.35. The Kier molecular flexibility index (Phi) is 6.78. The number of hydrogen-bond acceptors (Lipinski definition) is 2. The fraction of sp³-hybridized carbons (Fsp3) is 0.562. The minimum Gasteiger partial charge on any atom is -0.508 e. The lowest BCUT2D eigenvalue weighted by Crippen LogP contribution is -2.26. The number of carbonyl (C=O) groups excluding carboxylic acids is 1. The number of carbonyl (C=O) groups is 1. The van der Waals surface area contributed by atoms with Crippen LogP contribution in [0.15, 0.2) is 18.2 Å². The fourth-order valence-electron chi connectivity index (χ4n) is 2.89. The van der Waals surface area contributed by atoms with Crippen LogP contribution in [0.1, 0.15) is 52.2 Å². The summed E-state index contributed by atoms with van der Waals surface area (Å²) < 4.78 is 0. The summed E-state index contributed by atoms with van der Waals surface area (Å²) in [6.45, 7) is 13.1. The normalized spacial score (nSPS) is 11.7. The summed E-state index contributed by atoms with van der Waals surface area (Å²) in [5, 5.41) is 10.9. The van der Waals surface area contributed by atoms with Gasteiger partial charge in [0.05, 0.1) is 0 Å². The van der Waals surface area contributed by atoms with E-state index in [4.69, 9.17) is 4.79 Å². The topological polar surface area (TPSA) is 37.3 Å². The van der Waals surface area contributed by atoms with Gasteiger partial charge in [0.2, 0.25) is 0 Å². The van der Waals surface area contributed by atoms with Crippen LogP contribution in [0.3, 0.4) is 0 Å².